The average Bonchev–Trinajstić information content (AvgIpc) is 2.67. The number of nitrogens with one attached hydrogen (secondary N) is 1. The highest BCUT2D eigenvalue weighted by Crippen LogP contribution is 2.36. The third kappa shape index (κ3) is 5.89. The predicted octanol–water partition coefficient (Wildman–Crippen LogP) is 3.85. The first-order valence-electron chi connectivity index (χ1n) is 9.41. The van der Waals surface area contributed by atoms with Crippen LogP contribution in [0, 0.1) is 11.8 Å². The number of ether oxygens (including phenoxy) is 3. The third-order valence-electron chi connectivity index (χ3n) is 5.27. The molecule has 6 nitrogen and oxygen atoms in total. The molecule has 1 aliphatic carbocycles. The van der Waals surface area contributed by atoms with Crippen LogP contribution in [0.1, 0.15) is 38.7 Å². The minimum absolute atomic E-state index is 0.138. The molecule has 1 aromatic carbocycles. The van der Waals surface area contributed by atoms with Gasteiger partial charge in [-0.15, -0.1) is 0 Å². The van der Waals surface area contributed by atoms with E-state index in [1.54, 1.807) is 18.2 Å². The number of halogens is 1. The zero-order valence-electron chi connectivity index (χ0n) is 16.8. The van der Waals surface area contributed by atoms with Crippen molar-refractivity contribution < 1.29 is 23.8 Å². The molecule has 0 spiro atoms. The molecule has 0 unspecified atom stereocenters. The van der Waals surface area contributed by atoms with Crippen molar-refractivity contribution >= 4 is 29.6 Å². The Kier molecular flexibility index (Phi) is 8.18. The second-order valence-electron chi connectivity index (χ2n) is 7.12. The highest BCUT2D eigenvalue weighted by molar-refractivity contribution is 6.32. The number of methoxy groups -OCH3 is 2. The van der Waals surface area contributed by atoms with Crippen molar-refractivity contribution in [2.45, 2.75) is 39.2 Å². The summed E-state index contributed by atoms with van der Waals surface area (Å²) >= 11 is 6.14. The van der Waals surface area contributed by atoms with Gasteiger partial charge >= 0.3 is 5.97 Å². The number of carbonyl (C=O) groups excluding carboxylic acids is 2. The normalized spacial score (nSPS) is 22.0. The molecule has 154 valence electrons. The number of esters is 1. The molecule has 28 heavy (non-hydrogen) atoms. The quantitative estimate of drug-likeness (QED) is 0.546. The SMILES string of the molecule is COc1cc(/C=C/C(=O)OCC(=O)N[C@@H]2CCC[C@H](C)[C@@H]2C)cc(Cl)c1OC. The molecule has 0 heterocycles. The Morgan fingerprint density at radius 2 is 1.96 bits per heavy atom. The lowest BCUT2D eigenvalue weighted by atomic mass is 9.78. The molecular weight excluding hydrogens is 382 g/mol. The monoisotopic (exact) mass is 409 g/mol. The van der Waals surface area contributed by atoms with Crippen LogP contribution in [-0.4, -0.2) is 38.7 Å². The summed E-state index contributed by atoms with van der Waals surface area (Å²) in [7, 11) is 3.00. The molecule has 7 heteroatoms. The number of benzene rings is 1. The van der Waals surface area contributed by atoms with E-state index in [1.165, 1.54) is 26.7 Å². The molecule has 0 aliphatic heterocycles. The first-order valence-corrected chi connectivity index (χ1v) is 9.79. The van der Waals surface area contributed by atoms with Crippen molar-refractivity contribution in [1.29, 1.82) is 0 Å². The smallest absolute Gasteiger partial charge is 0.331 e. The van der Waals surface area contributed by atoms with Crippen molar-refractivity contribution in [3.63, 3.8) is 0 Å². The van der Waals surface area contributed by atoms with E-state index in [1.807, 2.05) is 0 Å². The molecule has 0 bridgehead atoms. The number of hydrogen-bond acceptors (Lipinski definition) is 5. The van der Waals surface area contributed by atoms with E-state index >= 15 is 0 Å². The van der Waals surface area contributed by atoms with Gasteiger partial charge in [-0.25, -0.2) is 4.79 Å². The van der Waals surface area contributed by atoms with Crippen molar-refractivity contribution in [2.75, 3.05) is 20.8 Å². The molecule has 1 fully saturated rings. The van der Waals surface area contributed by atoms with Crippen molar-refractivity contribution in [1.82, 2.24) is 5.32 Å². The Hall–Kier alpha value is -2.21. The van der Waals surface area contributed by atoms with Crippen molar-refractivity contribution in [3.8, 4) is 11.5 Å². The first kappa shape index (κ1) is 22.1. The molecule has 0 aromatic heterocycles. The molecule has 1 saturated carbocycles. The standard InChI is InChI=1S/C21H28ClNO5/c1-13-6-5-7-17(14(13)2)23-19(24)12-28-20(25)9-8-15-10-16(22)21(27-4)18(11-15)26-3/h8-11,13-14,17H,5-7,12H2,1-4H3,(H,23,24)/b9-8+/t13-,14-,17+/m0/s1. The minimum Gasteiger partial charge on any atom is -0.493 e. The summed E-state index contributed by atoms with van der Waals surface area (Å²) in [5.74, 6) is 0.999. The molecule has 2 rings (SSSR count). The van der Waals surface area contributed by atoms with Gasteiger partial charge < -0.3 is 19.5 Å². The van der Waals surface area contributed by atoms with Gasteiger partial charge in [-0.1, -0.05) is 38.3 Å². The summed E-state index contributed by atoms with van der Waals surface area (Å²) in [6, 6.07) is 3.47. The van der Waals surface area contributed by atoms with E-state index in [0.717, 1.165) is 12.8 Å². The van der Waals surface area contributed by atoms with E-state index < -0.39 is 5.97 Å². The summed E-state index contributed by atoms with van der Waals surface area (Å²) < 4.78 is 15.4. The Morgan fingerprint density at radius 3 is 2.64 bits per heavy atom. The fourth-order valence-corrected chi connectivity index (χ4v) is 3.71. The maximum atomic E-state index is 12.1. The van der Waals surface area contributed by atoms with Crippen LogP contribution in [-0.2, 0) is 14.3 Å². The second kappa shape index (κ2) is 10.4. The summed E-state index contributed by atoms with van der Waals surface area (Å²) in [4.78, 5) is 24.0. The van der Waals surface area contributed by atoms with Crippen LogP contribution in [0.3, 0.4) is 0 Å². The van der Waals surface area contributed by atoms with Gasteiger partial charge in [0.15, 0.2) is 18.1 Å². The van der Waals surface area contributed by atoms with Crippen LogP contribution in [0.2, 0.25) is 5.02 Å². The van der Waals surface area contributed by atoms with Crippen molar-refractivity contribution in [3.05, 3.63) is 28.8 Å². The average molecular weight is 410 g/mol. The Balaban J connectivity index is 1.86. The topological polar surface area (TPSA) is 73.9 Å². The molecule has 1 amide bonds. The van der Waals surface area contributed by atoms with Crippen LogP contribution >= 0.6 is 11.6 Å². The van der Waals surface area contributed by atoms with Crippen LogP contribution in [0.5, 0.6) is 11.5 Å². The molecule has 1 aromatic rings. The highest BCUT2D eigenvalue weighted by Gasteiger charge is 2.28. The van der Waals surface area contributed by atoms with Crippen LogP contribution in [0.4, 0.5) is 0 Å². The summed E-state index contributed by atoms with van der Waals surface area (Å²) in [5.41, 5.74) is 0.647. The Labute approximate surface area is 171 Å². The number of carbonyl (C=O) groups is 2. The number of hydrogen-bond donors (Lipinski definition) is 1. The lowest BCUT2D eigenvalue weighted by Crippen LogP contribution is -2.45. The van der Waals surface area contributed by atoms with E-state index in [0.29, 0.717) is 33.9 Å². The fourth-order valence-electron chi connectivity index (χ4n) is 3.42. The molecule has 3 atom stereocenters. The summed E-state index contributed by atoms with van der Waals surface area (Å²) in [6.07, 6.45) is 6.04. The third-order valence-corrected chi connectivity index (χ3v) is 5.55. The van der Waals surface area contributed by atoms with Gasteiger partial charge in [0.25, 0.3) is 5.91 Å². The maximum Gasteiger partial charge on any atom is 0.331 e. The molecule has 1 N–H and O–H groups in total. The van der Waals surface area contributed by atoms with Gasteiger partial charge in [-0.05, 0) is 42.0 Å². The highest BCUT2D eigenvalue weighted by atomic mass is 35.5. The molecular formula is C21H28ClNO5. The van der Waals surface area contributed by atoms with Gasteiger partial charge in [0.05, 0.1) is 19.2 Å². The van der Waals surface area contributed by atoms with Gasteiger partial charge in [-0.3, -0.25) is 4.79 Å². The van der Waals surface area contributed by atoms with Crippen LogP contribution < -0.4 is 14.8 Å². The van der Waals surface area contributed by atoms with Crippen molar-refractivity contribution in [2.24, 2.45) is 11.8 Å². The van der Waals surface area contributed by atoms with Crippen LogP contribution in [0.25, 0.3) is 6.08 Å². The molecule has 0 saturated heterocycles. The summed E-state index contributed by atoms with van der Waals surface area (Å²) in [6.45, 7) is 4.06. The summed E-state index contributed by atoms with van der Waals surface area (Å²) in [5, 5.41) is 3.34. The minimum atomic E-state index is -0.605. The molecule has 0 radical (unpaired) electrons. The molecule has 1 aliphatic rings. The van der Waals surface area contributed by atoms with E-state index in [4.69, 9.17) is 25.8 Å². The van der Waals surface area contributed by atoms with E-state index in [-0.39, 0.29) is 18.6 Å². The van der Waals surface area contributed by atoms with Gasteiger partial charge in [0.2, 0.25) is 0 Å². The fraction of sp³-hybridized carbons (Fsp3) is 0.524. The zero-order valence-corrected chi connectivity index (χ0v) is 17.5. The lowest BCUT2D eigenvalue weighted by Gasteiger charge is -2.34. The Morgan fingerprint density at radius 1 is 1.21 bits per heavy atom. The van der Waals surface area contributed by atoms with Gasteiger partial charge in [-0.2, -0.15) is 0 Å². The van der Waals surface area contributed by atoms with Crippen LogP contribution in [0.15, 0.2) is 18.2 Å². The van der Waals surface area contributed by atoms with E-state index in [2.05, 4.69) is 19.2 Å². The first-order chi connectivity index (χ1) is 13.3. The number of amides is 1. The maximum absolute atomic E-state index is 12.1. The van der Waals surface area contributed by atoms with E-state index in [9.17, 15) is 9.59 Å². The predicted molar refractivity (Wildman–Crippen MR) is 109 cm³/mol. The zero-order chi connectivity index (χ0) is 20.7. The Bertz CT molecular complexity index is 734. The largest absolute Gasteiger partial charge is 0.493 e. The van der Waals surface area contributed by atoms with Gasteiger partial charge in [0.1, 0.15) is 0 Å². The lowest BCUT2D eigenvalue weighted by molar-refractivity contribution is -0.144. The second-order valence-corrected chi connectivity index (χ2v) is 7.53. The van der Waals surface area contributed by atoms with Gasteiger partial charge in [0, 0.05) is 12.1 Å². The number of rotatable bonds is 7.